The van der Waals surface area contributed by atoms with Gasteiger partial charge < -0.3 is 19.8 Å². The molecule has 4 rings (SSSR count). The quantitative estimate of drug-likeness (QED) is 0.288. The molecule has 2 amide bonds. The van der Waals surface area contributed by atoms with Crippen molar-refractivity contribution >= 4 is 28.9 Å². The normalized spacial score (nSPS) is 10.7. The molecule has 0 aliphatic rings. The van der Waals surface area contributed by atoms with Crippen molar-refractivity contribution in [1.82, 2.24) is 19.6 Å². The highest BCUT2D eigenvalue weighted by Crippen LogP contribution is 2.27. The molecule has 0 spiro atoms. The predicted octanol–water partition coefficient (Wildman–Crippen LogP) is 3.05. The molecule has 13 heteroatoms. The van der Waals surface area contributed by atoms with Gasteiger partial charge >= 0.3 is 5.69 Å². The summed E-state index contributed by atoms with van der Waals surface area (Å²) in [5.74, 6) is -0.764. The van der Waals surface area contributed by atoms with Gasteiger partial charge in [0.2, 0.25) is 0 Å². The second-order valence-corrected chi connectivity index (χ2v) is 7.49. The Bertz CT molecular complexity index is 1420. The SMILES string of the molecule is Cc1c(NC(=O)c2c(NC(=O)c3ccc(COc4ccccc4[N+](=O)[O-])o3)cnn2C)cnn1C. The number of nitro benzene ring substituents is 1. The number of nitro groups is 1. The molecule has 180 valence electrons. The van der Waals surface area contributed by atoms with Crippen LogP contribution in [-0.2, 0) is 20.7 Å². The van der Waals surface area contributed by atoms with Crippen molar-refractivity contribution in [1.29, 1.82) is 0 Å². The maximum Gasteiger partial charge on any atom is 0.310 e. The van der Waals surface area contributed by atoms with Crippen LogP contribution in [0.5, 0.6) is 5.75 Å². The average Bonchev–Trinajstić information content (AvgIpc) is 3.53. The number of aromatic nitrogens is 4. The third kappa shape index (κ3) is 4.88. The van der Waals surface area contributed by atoms with Crippen LogP contribution in [0.4, 0.5) is 17.1 Å². The zero-order valence-electron chi connectivity index (χ0n) is 19.0. The number of aryl methyl sites for hydroxylation is 2. The summed E-state index contributed by atoms with van der Waals surface area (Å²) < 4.78 is 14.0. The fourth-order valence-electron chi connectivity index (χ4n) is 3.24. The molecule has 1 aromatic carbocycles. The summed E-state index contributed by atoms with van der Waals surface area (Å²) in [6, 6.07) is 8.89. The van der Waals surface area contributed by atoms with Gasteiger partial charge in [-0.1, -0.05) is 12.1 Å². The lowest BCUT2D eigenvalue weighted by molar-refractivity contribution is -0.386. The van der Waals surface area contributed by atoms with E-state index in [-0.39, 0.29) is 40.9 Å². The Kier molecular flexibility index (Phi) is 6.31. The first-order valence-electron chi connectivity index (χ1n) is 10.3. The van der Waals surface area contributed by atoms with Crippen molar-refractivity contribution in [3.63, 3.8) is 0 Å². The highest BCUT2D eigenvalue weighted by molar-refractivity contribution is 6.11. The van der Waals surface area contributed by atoms with Crippen LogP contribution in [-0.4, -0.2) is 36.3 Å². The van der Waals surface area contributed by atoms with E-state index in [4.69, 9.17) is 9.15 Å². The van der Waals surface area contributed by atoms with E-state index in [1.165, 1.54) is 47.4 Å². The van der Waals surface area contributed by atoms with Crippen LogP contribution < -0.4 is 15.4 Å². The number of anilines is 2. The lowest BCUT2D eigenvalue weighted by atomic mass is 10.3. The number of carbonyl (C=O) groups excluding carboxylic acids is 2. The molecule has 3 aromatic heterocycles. The topological polar surface area (TPSA) is 159 Å². The van der Waals surface area contributed by atoms with E-state index >= 15 is 0 Å². The Morgan fingerprint density at radius 1 is 1.03 bits per heavy atom. The summed E-state index contributed by atoms with van der Waals surface area (Å²) in [5, 5.41) is 24.6. The first kappa shape index (κ1) is 23.2. The molecule has 0 bridgehead atoms. The molecule has 0 aliphatic carbocycles. The van der Waals surface area contributed by atoms with Crippen LogP contribution in [0.3, 0.4) is 0 Å². The Labute approximate surface area is 198 Å². The molecular weight excluding hydrogens is 458 g/mol. The van der Waals surface area contributed by atoms with Crippen LogP contribution in [0.2, 0.25) is 0 Å². The van der Waals surface area contributed by atoms with Crippen molar-refractivity contribution < 1.29 is 23.7 Å². The van der Waals surface area contributed by atoms with Crippen molar-refractivity contribution in [2.75, 3.05) is 10.6 Å². The number of benzene rings is 1. The van der Waals surface area contributed by atoms with Gasteiger partial charge in [0.1, 0.15) is 18.1 Å². The van der Waals surface area contributed by atoms with Crippen LogP contribution in [0.1, 0.15) is 32.5 Å². The number of hydrogen-bond donors (Lipinski definition) is 2. The summed E-state index contributed by atoms with van der Waals surface area (Å²) in [6.45, 7) is 1.69. The number of furan rings is 1. The summed E-state index contributed by atoms with van der Waals surface area (Å²) in [5.41, 5.74) is 1.43. The first-order valence-corrected chi connectivity index (χ1v) is 10.3. The van der Waals surface area contributed by atoms with Gasteiger partial charge in [0.25, 0.3) is 11.8 Å². The highest BCUT2D eigenvalue weighted by Gasteiger charge is 2.22. The fraction of sp³-hybridized carbons (Fsp3) is 0.182. The van der Waals surface area contributed by atoms with Crippen molar-refractivity contribution in [3.8, 4) is 5.75 Å². The second kappa shape index (κ2) is 9.51. The molecule has 0 saturated carbocycles. The van der Waals surface area contributed by atoms with Crippen LogP contribution in [0.25, 0.3) is 0 Å². The lowest BCUT2D eigenvalue weighted by Gasteiger charge is -2.08. The third-order valence-electron chi connectivity index (χ3n) is 5.20. The summed E-state index contributed by atoms with van der Waals surface area (Å²) in [4.78, 5) is 36.1. The minimum Gasteiger partial charge on any atom is -0.479 e. The number of nitrogens with one attached hydrogen (secondary N) is 2. The van der Waals surface area contributed by atoms with Gasteiger partial charge in [-0.15, -0.1) is 0 Å². The second-order valence-electron chi connectivity index (χ2n) is 7.49. The number of nitrogens with zero attached hydrogens (tertiary/aromatic N) is 5. The van der Waals surface area contributed by atoms with Gasteiger partial charge in [-0.3, -0.25) is 29.1 Å². The maximum atomic E-state index is 12.8. The molecule has 0 saturated heterocycles. The molecule has 0 atom stereocenters. The average molecular weight is 479 g/mol. The fourth-order valence-corrected chi connectivity index (χ4v) is 3.24. The van der Waals surface area contributed by atoms with E-state index in [1.54, 1.807) is 24.8 Å². The Hall–Kier alpha value is -4.94. The molecule has 4 aromatic rings. The number of para-hydroxylation sites is 2. The van der Waals surface area contributed by atoms with Crippen LogP contribution >= 0.6 is 0 Å². The zero-order valence-corrected chi connectivity index (χ0v) is 19.0. The highest BCUT2D eigenvalue weighted by atomic mass is 16.6. The lowest BCUT2D eigenvalue weighted by Crippen LogP contribution is -2.20. The van der Waals surface area contributed by atoms with Gasteiger partial charge in [0.15, 0.2) is 11.5 Å². The molecule has 35 heavy (non-hydrogen) atoms. The van der Waals surface area contributed by atoms with Gasteiger partial charge in [0, 0.05) is 20.2 Å². The third-order valence-corrected chi connectivity index (χ3v) is 5.20. The van der Waals surface area contributed by atoms with Crippen molar-refractivity contribution in [3.05, 3.63) is 81.8 Å². The largest absolute Gasteiger partial charge is 0.479 e. The standard InChI is InChI=1S/C22H21N7O6/c1-13-15(10-23-27(13)2)25-22(31)20-16(11-24-28(20)3)26-21(30)19-9-8-14(35-19)12-34-18-7-5-4-6-17(18)29(32)33/h4-11H,12H2,1-3H3,(H,25,31)(H,26,30). The summed E-state index contributed by atoms with van der Waals surface area (Å²) >= 11 is 0. The van der Waals surface area contributed by atoms with Crippen molar-refractivity contribution in [2.24, 2.45) is 14.1 Å². The summed E-state index contributed by atoms with van der Waals surface area (Å²) in [7, 11) is 3.33. The molecule has 0 unspecified atom stereocenters. The Morgan fingerprint density at radius 2 is 1.71 bits per heavy atom. The number of ether oxygens (including phenoxy) is 1. The molecular formula is C22H21N7O6. The Balaban J connectivity index is 1.44. The molecule has 2 N–H and O–H groups in total. The van der Waals surface area contributed by atoms with Gasteiger partial charge in [-0.05, 0) is 25.1 Å². The van der Waals surface area contributed by atoms with Crippen LogP contribution in [0.15, 0.2) is 53.2 Å². The van der Waals surface area contributed by atoms with E-state index in [2.05, 4.69) is 20.8 Å². The molecule has 0 aliphatic heterocycles. The predicted molar refractivity (Wildman–Crippen MR) is 123 cm³/mol. The van der Waals surface area contributed by atoms with E-state index in [1.807, 2.05) is 6.92 Å². The number of hydrogen-bond acceptors (Lipinski definition) is 8. The number of amides is 2. The zero-order chi connectivity index (χ0) is 25.1. The molecule has 13 nitrogen and oxygen atoms in total. The Morgan fingerprint density at radius 3 is 2.43 bits per heavy atom. The van der Waals surface area contributed by atoms with Gasteiger partial charge in [-0.2, -0.15) is 10.2 Å². The molecule has 0 fully saturated rings. The minimum absolute atomic E-state index is 0.0375. The number of carbonyl (C=O) groups is 2. The molecule has 3 heterocycles. The van der Waals surface area contributed by atoms with Crippen molar-refractivity contribution in [2.45, 2.75) is 13.5 Å². The number of rotatable bonds is 8. The first-order chi connectivity index (χ1) is 16.7. The van der Waals surface area contributed by atoms with E-state index < -0.39 is 16.7 Å². The maximum absolute atomic E-state index is 12.8. The monoisotopic (exact) mass is 479 g/mol. The molecule has 0 radical (unpaired) electrons. The van der Waals surface area contributed by atoms with E-state index in [0.717, 1.165) is 5.69 Å². The van der Waals surface area contributed by atoms with E-state index in [9.17, 15) is 19.7 Å². The van der Waals surface area contributed by atoms with Gasteiger partial charge in [0.05, 0.1) is 34.4 Å². The van der Waals surface area contributed by atoms with Gasteiger partial charge in [-0.25, -0.2) is 0 Å². The van der Waals surface area contributed by atoms with Crippen LogP contribution in [0, 0.1) is 17.0 Å². The van der Waals surface area contributed by atoms with E-state index in [0.29, 0.717) is 5.69 Å². The minimum atomic E-state index is -0.610. The smallest absolute Gasteiger partial charge is 0.310 e. The summed E-state index contributed by atoms with van der Waals surface area (Å²) in [6.07, 6.45) is 2.88.